The third-order valence-corrected chi connectivity index (χ3v) is 5.93. The Morgan fingerprint density at radius 1 is 1.31 bits per heavy atom. The van der Waals surface area contributed by atoms with E-state index >= 15 is 0 Å². The molecule has 136 valence electrons. The molecule has 0 saturated carbocycles. The molecule has 1 aliphatic rings. The number of nitrogens with zero attached hydrogens (tertiary/aromatic N) is 4. The Morgan fingerprint density at radius 2 is 2.12 bits per heavy atom. The lowest BCUT2D eigenvalue weighted by Gasteiger charge is -2.31. The fourth-order valence-corrected chi connectivity index (χ4v) is 4.32. The highest BCUT2D eigenvalue weighted by Crippen LogP contribution is 2.25. The fourth-order valence-electron chi connectivity index (χ4n) is 2.78. The van der Waals surface area contributed by atoms with Gasteiger partial charge in [-0.05, 0) is 25.0 Å². The predicted molar refractivity (Wildman–Crippen MR) is 92.1 cm³/mol. The maximum atomic E-state index is 12.9. The number of nitriles is 1. The topological polar surface area (TPSA) is 105 Å². The monoisotopic (exact) mass is 374 g/mol. The number of piperidine rings is 1. The molecule has 1 aliphatic heterocycles. The third-order valence-electron chi connectivity index (χ3n) is 4.07. The smallest absolute Gasteiger partial charge is 0.251 e. The second kappa shape index (κ2) is 7.68. The first kappa shape index (κ1) is 18.1. The molecule has 2 heterocycles. The predicted octanol–water partition coefficient (Wildman–Crippen LogP) is 1.59. The summed E-state index contributed by atoms with van der Waals surface area (Å²) in [5.41, 5.74) is 0.0836. The van der Waals surface area contributed by atoms with Gasteiger partial charge in [-0.1, -0.05) is 6.07 Å². The van der Waals surface area contributed by atoms with Crippen molar-refractivity contribution in [1.82, 2.24) is 14.3 Å². The third kappa shape index (κ3) is 3.76. The van der Waals surface area contributed by atoms with Gasteiger partial charge >= 0.3 is 0 Å². The summed E-state index contributed by atoms with van der Waals surface area (Å²) >= 11 is 0. The van der Waals surface area contributed by atoms with E-state index in [-0.39, 0.29) is 23.0 Å². The van der Waals surface area contributed by atoms with E-state index in [9.17, 15) is 8.42 Å². The highest BCUT2D eigenvalue weighted by atomic mass is 32.2. The normalized spacial score (nSPS) is 18.1. The van der Waals surface area contributed by atoms with Gasteiger partial charge in [-0.15, -0.1) is 0 Å². The van der Waals surface area contributed by atoms with Crippen molar-refractivity contribution in [2.24, 2.45) is 0 Å². The van der Waals surface area contributed by atoms with Gasteiger partial charge in [0, 0.05) is 25.0 Å². The van der Waals surface area contributed by atoms with Gasteiger partial charge in [0.05, 0.1) is 18.6 Å². The van der Waals surface area contributed by atoms with Crippen LogP contribution in [0.15, 0.2) is 41.6 Å². The molecule has 2 aromatic rings. The minimum atomic E-state index is -3.66. The van der Waals surface area contributed by atoms with Gasteiger partial charge in [0.25, 0.3) is 5.88 Å². The molecule has 0 N–H and O–H groups in total. The minimum absolute atomic E-state index is 0.0836. The molecular formula is C17H18N4O4S. The summed E-state index contributed by atoms with van der Waals surface area (Å²) in [5.74, 6) is 0.606. The molecule has 1 atom stereocenters. The standard InChI is InChI=1S/C17H18N4O4S/c1-24-13-4-2-6-15(10-13)26(22,23)21-9-3-5-14(12-21)25-17-16(11-18)19-7-8-20-17/h2,4,6-8,10,14H,3,5,9,12H2,1H3. The van der Waals surface area contributed by atoms with E-state index in [0.29, 0.717) is 25.1 Å². The number of hydrogen-bond acceptors (Lipinski definition) is 7. The van der Waals surface area contributed by atoms with E-state index in [1.807, 2.05) is 6.07 Å². The van der Waals surface area contributed by atoms with Crippen LogP contribution in [-0.2, 0) is 10.0 Å². The van der Waals surface area contributed by atoms with Gasteiger partial charge in [0.1, 0.15) is 17.9 Å². The van der Waals surface area contributed by atoms with E-state index in [1.165, 1.54) is 29.9 Å². The molecule has 1 saturated heterocycles. The van der Waals surface area contributed by atoms with Crippen molar-refractivity contribution < 1.29 is 17.9 Å². The molecule has 0 radical (unpaired) electrons. The number of hydrogen-bond donors (Lipinski definition) is 0. The van der Waals surface area contributed by atoms with Crippen molar-refractivity contribution in [2.75, 3.05) is 20.2 Å². The van der Waals surface area contributed by atoms with Gasteiger partial charge in [-0.3, -0.25) is 0 Å². The van der Waals surface area contributed by atoms with Gasteiger partial charge < -0.3 is 9.47 Å². The lowest BCUT2D eigenvalue weighted by molar-refractivity contribution is 0.124. The number of aromatic nitrogens is 2. The average molecular weight is 374 g/mol. The lowest BCUT2D eigenvalue weighted by atomic mass is 10.1. The molecule has 3 rings (SSSR count). The van der Waals surface area contributed by atoms with Gasteiger partial charge in [-0.2, -0.15) is 9.57 Å². The molecule has 1 unspecified atom stereocenters. The van der Waals surface area contributed by atoms with Crippen LogP contribution in [0.25, 0.3) is 0 Å². The molecule has 1 aromatic carbocycles. The summed E-state index contributed by atoms with van der Waals surface area (Å²) < 4.78 is 38.1. The van der Waals surface area contributed by atoms with Crippen LogP contribution < -0.4 is 9.47 Å². The highest BCUT2D eigenvalue weighted by molar-refractivity contribution is 7.89. The Hall–Kier alpha value is -2.70. The van der Waals surface area contributed by atoms with Crippen molar-refractivity contribution in [3.63, 3.8) is 0 Å². The summed E-state index contributed by atoms with van der Waals surface area (Å²) in [5, 5.41) is 9.08. The van der Waals surface area contributed by atoms with Crippen LogP contribution in [0, 0.1) is 11.3 Å². The second-order valence-electron chi connectivity index (χ2n) is 5.75. The largest absolute Gasteiger partial charge is 0.497 e. The van der Waals surface area contributed by atoms with E-state index in [4.69, 9.17) is 14.7 Å². The Balaban J connectivity index is 1.78. The Kier molecular flexibility index (Phi) is 5.35. The van der Waals surface area contributed by atoms with Crippen molar-refractivity contribution in [3.05, 3.63) is 42.4 Å². The summed E-state index contributed by atoms with van der Waals surface area (Å²) in [7, 11) is -2.17. The van der Waals surface area contributed by atoms with E-state index < -0.39 is 16.1 Å². The first-order valence-corrected chi connectivity index (χ1v) is 9.50. The molecule has 1 aromatic heterocycles. The molecule has 9 heteroatoms. The van der Waals surface area contributed by atoms with Crippen LogP contribution in [-0.4, -0.2) is 49.0 Å². The van der Waals surface area contributed by atoms with Gasteiger partial charge in [0.2, 0.25) is 15.7 Å². The van der Waals surface area contributed by atoms with Crippen molar-refractivity contribution in [3.8, 4) is 17.7 Å². The maximum Gasteiger partial charge on any atom is 0.251 e. The molecule has 0 aliphatic carbocycles. The average Bonchev–Trinajstić information content (AvgIpc) is 2.68. The van der Waals surface area contributed by atoms with E-state index in [0.717, 1.165) is 0 Å². The number of rotatable bonds is 5. The molecule has 0 spiro atoms. The zero-order chi connectivity index (χ0) is 18.6. The van der Waals surface area contributed by atoms with Gasteiger partial charge in [0.15, 0.2) is 0 Å². The van der Waals surface area contributed by atoms with Crippen LogP contribution in [0.5, 0.6) is 11.6 Å². The van der Waals surface area contributed by atoms with Crippen LogP contribution >= 0.6 is 0 Å². The quantitative estimate of drug-likeness (QED) is 0.782. The first-order chi connectivity index (χ1) is 12.5. The summed E-state index contributed by atoms with van der Waals surface area (Å²) in [6.07, 6.45) is 3.77. The molecule has 0 bridgehead atoms. The summed E-state index contributed by atoms with van der Waals surface area (Å²) in [6, 6.07) is 8.29. The molecule has 8 nitrogen and oxygen atoms in total. The zero-order valence-electron chi connectivity index (χ0n) is 14.2. The second-order valence-corrected chi connectivity index (χ2v) is 7.68. The Bertz CT molecular complexity index is 926. The number of ether oxygens (including phenoxy) is 2. The number of methoxy groups -OCH3 is 1. The Labute approximate surface area is 152 Å². The van der Waals surface area contributed by atoms with Crippen LogP contribution in [0.4, 0.5) is 0 Å². The van der Waals surface area contributed by atoms with Gasteiger partial charge in [-0.25, -0.2) is 18.4 Å². The molecule has 1 fully saturated rings. The summed E-state index contributed by atoms with van der Waals surface area (Å²) in [6.45, 7) is 0.589. The van der Waals surface area contributed by atoms with Crippen LogP contribution in [0.2, 0.25) is 0 Å². The minimum Gasteiger partial charge on any atom is -0.497 e. The SMILES string of the molecule is COc1cccc(S(=O)(=O)N2CCCC(Oc3nccnc3C#N)C2)c1. The van der Waals surface area contributed by atoms with Crippen LogP contribution in [0.1, 0.15) is 18.5 Å². The molecule has 26 heavy (non-hydrogen) atoms. The van der Waals surface area contributed by atoms with Crippen LogP contribution in [0.3, 0.4) is 0 Å². The fraction of sp³-hybridized carbons (Fsp3) is 0.353. The summed E-state index contributed by atoms with van der Waals surface area (Å²) in [4.78, 5) is 8.10. The highest BCUT2D eigenvalue weighted by Gasteiger charge is 2.32. The number of benzene rings is 1. The zero-order valence-corrected chi connectivity index (χ0v) is 15.0. The maximum absolute atomic E-state index is 12.9. The lowest BCUT2D eigenvalue weighted by Crippen LogP contribution is -2.44. The number of sulfonamides is 1. The van der Waals surface area contributed by atoms with Crippen molar-refractivity contribution in [1.29, 1.82) is 5.26 Å². The van der Waals surface area contributed by atoms with Crippen molar-refractivity contribution >= 4 is 10.0 Å². The van der Waals surface area contributed by atoms with E-state index in [1.54, 1.807) is 18.2 Å². The molecular weight excluding hydrogens is 356 g/mol. The Morgan fingerprint density at radius 3 is 2.88 bits per heavy atom. The first-order valence-electron chi connectivity index (χ1n) is 8.06. The van der Waals surface area contributed by atoms with Crippen molar-refractivity contribution in [2.45, 2.75) is 23.8 Å². The van der Waals surface area contributed by atoms with E-state index in [2.05, 4.69) is 9.97 Å². The molecule has 0 amide bonds.